The molecule has 1 saturated heterocycles. The second kappa shape index (κ2) is 4.64. The lowest BCUT2D eigenvalue weighted by Crippen LogP contribution is -2.36. The van der Waals surface area contributed by atoms with Gasteiger partial charge in [-0.3, -0.25) is 4.90 Å². The molecular weight excluding hydrogens is 204 g/mol. The summed E-state index contributed by atoms with van der Waals surface area (Å²) in [6.07, 6.45) is 5.11. The molecule has 1 heterocycles. The van der Waals surface area contributed by atoms with E-state index >= 15 is 0 Å². The predicted octanol–water partition coefficient (Wildman–Crippen LogP) is 2.08. The highest BCUT2D eigenvalue weighted by Gasteiger charge is 2.30. The highest BCUT2D eigenvalue weighted by atomic mass is 32.2. The summed E-state index contributed by atoms with van der Waals surface area (Å²) in [4.78, 5) is 2.69. The minimum atomic E-state index is 0.471. The monoisotopic (exact) mass is 228 g/mol. The van der Waals surface area contributed by atoms with Crippen molar-refractivity contribution in [2.75, 3.05) is 18.8 Å². The molecule has 1 aliphatic carbocycles. The van der Waals surface area contributed by atoms with E-state index in [-0.39, 0.29) is 0 Å². The summed E-state index contributed by atoms with van der Waals surface area (Å²) in [6.45, 7) is 7.30. The average Bonchev–Trinajstić information content (AvgIpc) is 2.49. The van der Waals surface area contributed by atoms with Crippen molar-refractivity contribution in [3.63, 3.8) is 0 Å². The minimum absolute atomic E-state index is 0.471. The van der Waals surface area contributed by atoms with Crippen molar-refractivity contribution in [3.8, 4) is 0 Å². The first-order valence-corrected chi connectivity index (χ1v) is 7.19. The van der Waals surface area contributed by atoms with Crippen LogP contribution in [0, 0.1) is 0 Å². The molecule has 2 fully saturated rings. The summed E-state index contributed by atoms with van der Waals surface area (Å²) in [5.74, 6) is 1.29. The number of thioether (sulfide) groups is 1. The van der Waals surface area contributed by atoms with Gasteiger partial charge in [-0.1, -0.05) is 13.8 Å². The Morgan fingerprint density at radius 3 is 2.73 bits per heavy atom. The molecule has 2 unspecified atom stereocenters. The lowest BCUT2D eigenvalue weighted by Gasteiger charge is -2.27. The lowest BCUT2D eigenvalue weighted by molar-refractivity contribution is 0.206. The van der Waals surface area contributed by atoms with Gasteiger partial charge in [-0.25, -0.2) is 0 Å². The largest absolute Gasteiger partial charge is 0.328 e. The van der Waals surface area contributed by atoms with Gasteiger partial charge in [0, 0.05) is 29.1 Å². The molecule has 1 aliphatic heterocycles. The Morgan fingerprint density at radius 1 is 1.27 bits per heavy atom. The second-order valence-corrected chi connectivity index (χ2v) is 7.42. The fraction of sp³-hybridized carbons (Fsp3) is 1.00. The summed E-state index contributed by atoms with van der Waals surface area (Å²) >= 11 is 2.13. The number of nitrogens with zero attached hydrogens (tertiary/aromatic N) is 1. The average molecular weight is 228 g/mol. The summed E-state index contributed by atoms with van der Waals surface area (Å²) < 4.78 is 0.482. The van der Waals surface area contributed by atoms with Crippen LogP contribution in [0.5, 0.6) is 0 Å². The Labute approximate surface area is 98.0 Å². The van der Waals surface area contributed by atoms with Crippen LogP contribution < -0.4 is 5.73 Å². The van der Waals surface area contributed by atoms with Crippen LogP contribution in [0.4, 0.5) is 0 Å². The molecule has 0 aromatic carbocycles. The van der Waals surface area contributed by atoms with Gasteiger partial charge in [0.05, 0.1) is 0 Å². The van der Waals surface area contributed by atoms with Crippen molar-refractivity contribution in [3.05, 3.63) is 0 Å². The predicted molar refractivity (Wildman–Crippen MR) is 68.3 cm³/mol. The van der Waals surface area contributed by atoms with E-state index in [1.165, 1.54) is 44.5 Å². The van der Waals surface area contributed by atoms with Crippen LogP contribution in [-0.4, -0.2) is 40.6 Å². The zero-order chi connectivity index (χ0) is 10.9. The van der Waals surface area contributed by atoms with Crippen LogP contribution >= 0.6 is 11.8 Å². The molecule has 0 radical (unpaired) electrons. The van der Waals surface area contributed by atoms with Gasteiger partial charge in [-0.15, -0.1) is 0 Å². The van der Waals surface area contributed by atoms with E-state index in [1.807, 2.05) is 0 Å². The topological polar surface area (TPSA) is 29.3 Å². The molecule has 1 saturated carbocycles. The third-order valence-corrected chi connectivity index (χ3v) is 5.21. The molecule has 0 amide bonds. The standard InChI is InChI=1S/C12H24N2S/c1-12(2)5-6-14(7-8-15-12)11-4-3-10(13)9-11/h10-11H,3-9,13H2,1-2H3. The van der Waals surface area contributed by atoms with Crippen LogP contribution in [0.15, 0.2) is 0 Å². The first kappa shape index (κ1) is 11.7. The van der Waals surface area contributed by atoms with Gasteiger partial charge in [-0.05, 0) is 32.2 Å². The molecule has 2 atom stereocenters. The first-order valence-electron chi connectivity index (χ1n) is 6.20. The highest BCUT2D eigenvalue weighted by Crippen LogP contribution is 2.33. The van der Waals surface area contributed by atoms with Gasteiger partial charge in [0.1, 0.15) is 0 Å². The maximum atomic E-state index is 5.99. The minimum Gasteiger partial charge on any atom is -0.328 e. The van der Waals surface area contributed by atoms with Gasteiger partial charge < -0.3 is 5.73 Å². The van der Waals surface area contributed by atoms with E-state index in [4.69, 9.17) is 5.73 Å². The maximum absolute atomic E-state index is 5.99. The molecule has 0 spiro atoms. The van der Waals surface area contributed by atoms with E-state index in [2.05, 4.69) is 30.5 Å². The molecule has 0 aromatic heterocycles. The fourth-order valence-corrected chi connectivity index (χ4v) is 3.84. The Balaban J connectivity index is 1.88. The molecule has 2 N–H and O–H groups in total. The number of hydrogen-bond donors (Lipinski definition) is 1. The zero-order valence-corrected chi connectivity index (χ0v) is 10.9. The van der Waals surface area contributed by atoms with E-state index in [0.717, 1.165) is 6.04 Å². The summed E-state index contributed by atoms with van der Waals surface area (Å²) in [6, 6.07) is 1.26. The van der Waals surface area contributed by atoms with E-state index in [9.17, 15) is 0 Å². The Kier molecular flexibility index (Phi) is 3.63. The van der Waals surface area contributed by atoms with Crippen molar-refractivity contribution >= 4 is 11.8 Å². The van der Waals surface area contributed by atoms with Crippen molar-refractivity contribution in [2.24, 2.45) is 5.73 Å². The molecule has 2 rings (SSSR count). The Morgan fingerprint density at radius 2 is 2.07 bits per heavy atom. The number of nitrogens with two attached hydrogens (primary N) is 1. The number of rotatable bonds is 1. The Hall–Kier alpha value is 0.270. The second-order valence-electron chi connectivity index (χ2n) is 5.62. The van der Waals surface area contributed by atoms with Crippen LogP contribution in [-0.2, 0) is 0 Å². The molecule has 88 valence electrons. The Bertz CT molecular complexity index is 218. The summed E-state index contributed by atoms with van der Waals surface area (Å²) in [7, 11) is 0. The smallest absolute Gasteiger partial charge is 0.0116 e. The quantitative estimate of drug-likeness (QED) is 0.745. The molecule has 2 nitrogen and oxygen atoms in total. The van der Waals surface area contributed by atoms with E-state index < -0.39 is 0 Å². The van der Waals surface area contributed by atoms with E-state index in [1.54, 1.807) is 0 Å². The summed E-state index contributed by atoms with van der Waals surface area (Å²) in [5.41, 5.74) is 5.99. The van der Waals surface area contributed by atoms with Crippen molar-refractivity contribution < 1.29 is 0 Å². The molecule has 15 heavy (non-hydrogen) atoms. The highest BCUT2D eigenvalue weighted by molar-refractivity contribution is 8.00. The third kappa shape index (κ3) is 3.11. The molecular formula is C12H24N2S. The number of hydrogen-bond acceptors (Lipinski definition) is 3. The molecule has 0 bridgehead atoms. The van der Waals surface area contributed by atoms with Gasteiger partial charge in [0.15, 0.2) is 0 Å². The van der Waals surface area contributed by atoms with Crippen LogP contribution in [0.25, 0.3) is 0 Å². The van der Waals surface area contributed by atoms with Gasteiger partial charge in [0.2, 0.25) is 0 Å². The van der Waals surface area contributed by atoms with Gasteiger partial charge >= 0.3 is 0 Å². The van der Waals surface area contributed by atoms with Gasteiger partial charge in [0.25, 0.3) is 0 Å². The maximum Gasteiger partial charge on any atom is 0.0116 e. The van der Waals surface area contributed by atoms with Crippen molar-refractivity contribution in [2.45, 2.75) is 56.4 Å². The van der Waals surface area contributed by atoms with Crippen LogP contribution in [0.1, 0.15) is 39.5 Å². The van der Waals surface area contributed by atoms with Gasteiger partial charge in [-0.2, -0.15) is 11.8 Å². The SMILES string of the molecule is CC1(C)CCN(C2CCC(N)C2)CCS1. The van der Waals surface area contributed by atoms with Crippen LogP contribution in [0.3, 0.4) is 0 Å². The first-order chi connectivity index (χ1) is 7.07. The third-order valence-electron chi connectivity index (χ3n) is 3.83. The summed E-state index contributed by atoms with van der Waals surface area (Å²) in [5, 5.41) is 0. The van der Waals surface area contributed by atoms with Crippen molar-refractivity contribution in [1.82, 2.24) is 4.90 Å². The molecule has 3 heteroatoms. The molecule has 0 aromatic rings. The molecule has 2 aliphatic rings. The zero-order valence-electron chi connectivity index (χ0n) is 10.0. The van der Waals surface area contributed by atoms with Crippen LogP contribution in [0.2, 0.25) is 0 Å². The normalized spacial score (nSPS) is 37.8. The van der Waals surface area contributed by atoms with E-state index in [0.29, 0.717) is 10.8 Å². The lowest BCUT2D eigenvalue weighted by atomic mass is 10.1. The van der Waals surface area contributed by atoms with Crippen molar-refractivity contribution in [1.29, 1.82) is 0 Å². The fourth-order valence-electron chi connectivity index (χ4n) is 2.72.